The molecule has 7 heteroatoms. The molecule has 186 valence electrons. The van der Waals surface area contributed by atoms with Gasteiger partial charge in [-0.1, -0.05) is 78.9 Å². The molecule has 4 aromatic carbocycles. The molecular weight excluding hydrogens is 486 g/mol. The lowest BCUT2D eigenvalue weighted by molar-refractivity contribution is 0.0474. The standard InChI is InChI=1S/C30H25NO5S/c32-29(25-17-15-23(16-18-25)22-8-2-1-3-9-22)21-36-30(33)26-11-6-13-27(20-26)37(34,35)31-19-7-12-24-10-4-5-14-28(24)31/h1-6,8-11,13-18,20H,7,12,19,21H2. The average molecular weight is 512 g/mol. The molecular formula is C30H25NO5S. The fourth-order valence-electron chi connectivity index (χ4n) is 4.44. The molecule has 0 spiro atoms. The van der Waals surface area contributed by atoms with E-state index in [2.05, 4.69) is 0 Å². The Labute approximate surface area is 216 Å². The molecule has 37 heavy (non-hydrogen) atoms. The molecule has 1 aliphatic heterocycles. The molecule has 6 nitrogen and oxygen atoms in total. The zero-order chi connectivity index (χ0) is 25.8. The van der Waals surface area contributed by atoms with Gasteiger partial charge in [0.25, 0.3) is 10.0 Å². The molecule has 0 aromatic heterocycles. The highest BCUT2D eigenvalue weighted by Gasteiger charge is 2.29. The van der Waals surface area contributed by atoms with Gasteiger partial charge in [0, 0.05) is 12.1 Å². The molecule has 0 saturated carbocycles. The van der Waals surface area contributed by atoms with Crippen molar-refractivity contribution in [2.45, 2.75) is 17.7 Å². The van der Waals surface area contributed by atoms with E-state index in [4.69, 9.17) is 4.74 Å². The monoisotopic (exact) mass is 511 g/mol. The summed E-state index contributed by atoms with van der Waals surface area (Å²) in [6.45, 7) is -0.0778. The van der Waals surface area contributed by atoms with Crippen LogP contribution in [0.5, 0.6) is 0 Å². The van der Waals surface area contributed by atoms with E-state index in [0.717, 1.165) is 23.1 Å². The number of carbonyl (C=O) groups is 2. The minimum atomic E-state index is -3.87. The minimum Gasteiger partial charge on any atom is -0.454 e. The Hall–Kier alpha value is -4.23. The van der Waals surface area contributed by atoms with Gasteiger partial charge in [-0.15, -0.1) is 0 Å². The first-order valence-corrected chi connectivity index (χ1v) is 13.4. The van der Waals surface area contributed by atoms with E-state index in [1.165, 1.54) is 28.6 Å². The Morgan fingerprint density at radius 2 is 1.46 bits per heavy atom. The number of hydrogen-bond acceptors (Lipinski definition) is 5. The third-order valence-corrected chi connectivity index (χ3v) is 8.18. The van der Waals surface area contributed by atoms with Crippen LogP contribution in [0.1, 0.15) is 32.7 Å². The van der Waals surface area contributed by atoms with Gasteiger partial charge in [0.15, 0.2) is 12.4 Å². The normalized spacial score (nSPS) is 13.0. The molecule has 0 atom stereocenters. The quantitative estimate of drug-likeness (QED) is 0.241. The lowest BCUT2D eigenvalue weighted by Crippen LogP contribution is -2.35. The summed E-state index contributed by atoms with van der Waals surface area (Å²) >= 11 is 0. The number of hydrogen-bond donors (Lipinski definition) is 0. The summed E-state index contributed by atoms with van der Waals surface area (Å²) in [5.41, 5.74) is 4.14. The minimum absolute atomic E-state index is 0.00137. The Kier molecular flexibility index (Phi) is 6.88. The van der Waals surface area contributed by atoms with Gasteiger partial charge in [-0.05, 0) is 53.8 Å². The van der Waals surface area contributed by atoms with Crippen molar-refractivity contribution >= 4 is 27.5 Å². The average Bonchev–Trinajstić information content (AvgIpc) is 2.96. The molecule has 0 N–H and O–H groups in total. The number of para-hydroxylation sites is 1. The van der Waals surface area contributed by atoms with Crippen LogP contribution in [0, 0.1) is 0 Å². The van der Waals surface area contributed by atoms with E-state index >= 15 is 0 Å². The van der Waals surface area contributed by atoms with Crippen molar-refractivity contribution in [3.8, 4) is 11.1 Å². The van der Waals surface area contributed by atoms with Crippen molar-refractivity contribution in [2.24, 2.45) is 0 Å². The van der Waals surface area contributed by atoms with Gasteiger partial charge in [-0.2, -0.15) is 0 Å². The zero-order valence-electron chi connectivity index (χ0n) is 20.0. The van der Waals surface area contributed by atoms with Crippen LogP contribution in [-0.2, 0) is 21.2 Å². The van der Waals surface area contributed by atoms with E-state index in [9.17, 15) is 18.0 Å². The predicted octanol–water partition coefficient (Wildman–Crippen LogP) is 5.53. The van der Waals surface area contributed by atoms with Crippen LogP contribution >= 0.6 is 0 Å². The topological polar surface area (TPSA) is 80.8 Å². The van der Waals surface area contributed by atoms with Crippen LogP contribution < -0.4 is 4.31 Å². The highest BCUT2D eigenvalue weighted by Crippen LogP contribution is 2.32. The number of sulfonamides is 1. The Balaban J connectivity index is 1.27. The van der Waals surface area contributed by atoms with E-state index in [1.54, 1.807) is 18.2 Å². The van der Waals surface area contributed by atoms with Crippen molar-refractivity contribution in [3.05, 3.63) is 120 Å². The van der Waals surface area contributed by atoms with Crippen molar-refractivity contribution < 1.29 is 22.7 Å². The molecule has 0 amide bonds. The highest BCUT2D eigenvalue weighted by atomic mass is 32.2. The first-order chi connectivity index (χ1) is 17.9. The molecule has 0 fully saturated rings. The Bertz CT molecular complexity index is 1550. The number of nitrogens with zero attached hydrogens (tertiary/aromatic N) is 1. The smallest absolute Gasteiger partial charge is 0.338 e. The summed E-state index contributed by atoms with van der Waals surface area (Å²) in [4.78, 5) is 25.3. The first-order valence-electron chi connectivity index (χ1n) is 12.0. The largest absolute Gasteiger partial charge is 0.454 e. The second kappa shape index (κ2) is 10.4. The number of ether oxygens (including phenoxy) is 1. The van der Waals surface area contributed by atoms with Crippen LogP contribution in [0.15, 0.2) is 108 Å². The van der Waals surface area contributed by atoms with Gasteiger partial charge in [0.1, 0.15) is 0 Å². The van der Waals surface area contributed by atoms with Gasteiger partial charge in [-0.3, -0.25) is 9.10 Å². The third-order valence-electron chi connectivity index (χ3n) is 6.37. The molecule has 0 unspecified atom stereocenters. The number of ketones is 1. The molecule has 0 aliphatic carbocycles. The molecule has 5 rings (SSSR count). The van der Waals surface area contributed by atoms with Crippen LogP contribution in [0.4, 0.5) is 5.69 Å². The number of anilines is 1. The van der Waals surface area contributed by atoms with Crippen LogP contribution in [0.2, 0.25) is 0 Å². The molecule has 4 aromatic rings. The molecule has 0 saturated heterocycles. The van der Waals surface area contributed by atoms with Crippen molar-refractivity contribution in [3.63, 3.8) is 0 Å². The molecule has 0 radical (unpaired) electrons. The zero-order valence-corrected chi connectivity index (χ0v) is 20.9. The van der Waals surface area contributed by atoms with Crippen LogP contribution in [-0.4, -0.2) is 33.3 Å². The van der Waals surface area contributed by atoms with Gasteiger partial charge in [-0.25, -0.2) is 13.2 Å². The summed E-state index contributed by atoms with van der Waals surface area (Å²) < 4.78 is 33.5. The Morgan fingerprint density at radius 3 is 2.24 bits per heavy atom. The van der Waals surface area contributed by atoms with Gasteiger partial charge >= 0.3 is 5.97 Å². The van der Waals surface area contributed by atoms with E-state index in [0.29, 0.717) is 24.2 Å². The Morgan fingerprint density at radius 1 is 0.757 bits per heavy atom. The number of benzene rings is 4. The SMILES string of the molecule is O=C(COC(=O)c1cccc(S(=O)(=O)N2CCCc3ccccc32)c1)c1ccc(-c2ccccc2)cc1. The highest BCUT2D eigenvalue weighted by molar-refractivity contribution is 7.92. The number of rotatable bonds is 7. The summed E-state index contributed by atoms with van der Waals surface area (Å²) in [5.74, 6) is -1.10. The van der Waals surface area contributed by atoms with Gasteiger partial charge < -0.3 is 4.74 Å². The van der Waals surface area contributed by atoms with Crippen LogP contribution in [0.3, 0.4) is 0 Å². The lowest BCUT2D eigenvalue weighted by Gasteiger charge is -2.30. The first kappa shape index (κ1) is 24.5. The summed E-state index contributed by atoms with van der Waals surface area (Å²) in [6.07, 6.45) is 1.53. The third kappa shape index (κ3) is 5.17. The number of fused-ring (bicyclic) bond motifs is 1. The number of esters is 1. The number of Topliss-reactive ketones (excluding diaryl/α,β-unsaturated/α-hetero) is 1. The maximum Gasteiger partial charge on any atom is 0.338 e. The second-order valence-electron chi connectivity index (χ2n) is 8.78. The van der Waals surface area contributed by atoms with Gasteiger partial charge in [0.05, 0.1) is 16.1 Å². The fourth-order valence-corrected chi connectivity index (χ4v) is 6.02. The van der Waals surface area contributed by atoms with Crippen molar-refractivity contribution in [1.29, 1.82) is 0 Å². The number of aryl methyl sites for hydroxylation is 1. The fraction of sp³-hybridized carbons (Fsp3) is 0.133. The van der Waals surface area contributed by atoms with E-state index in [1.807, 2.05) is 60.7 Å². The predicted molar refractivity (Wildman–Crippen MR) is 142 cm³/mol. The summed E-state index contributed by atoms with van der Waals surface area (Å²) in [5, 5.41) is 0. The molecule has 1 heterocycles. The van der Waals surface area contributed by atoms with Crippen molar-refractivity contribution in [1.82, 2.24) is 0 Å². The maximum atomic E-state index is 13.4. The van der Waals surface area contributed by atoms with E-state index < -0.39 is 22.6 Å². The lowest BCUT2D eigenvalue weighted by atomic mass is 10.0. The summed E-state index contributed by atoms with van der Waals surface area (Å²) in [7, 11) is -3.87. The maximum absolute atomic E-state index is 13.4. The van der Waals surface area contributed by atoms with Crippen LogP contribution in [0.25, 0.3) is 11.1 Å². The number of carbonyl (C=O) groups excluding carboxylic acids is 2. The van der Waals surface area contributed by atoms with Crippen molar-refractivity contribution in [2.75, 3.05) is 17.5 Å². The van der Waals surface area contributed by atoms with E-state index in [-0.39, 0.29) is 16.2 Å². The van der Waals surface area contributed by atoms with Gasteiger partial charge in [0.2, 0.25) is 0 Å². The summed E-state index contributed by atoms with van der Waals surface area (Å²) in [6, 6.07) is 30.0. The molecule has 0 bridgehead atoms. The second-order valence-corrected chi connectivity index (χ2v) is 10.6. The molecule has 1 aliphatic rings.